The average Bonchev–Trinajstić information content (AvgIpc) is 3.04. The van der Waals surface area contributed by atoms with E-state index in [4.69, 9.17) is 4.98 Å². The standard InChI is InChI=1S/C14H19N5S/c1-7(2)10-6-20-14(15-10)12-16-11-9(5)18-19(8(3)4)13(11)17-12/h6-8H,1-5H3,(H,16,17). The fraction of sp³-hybridized carbons (Fsp3) is 0.500. The van der Waals surface area contributed by atoms with Crippen LogP contribution >= 0.6 is 11.3 Å². The van der Waals surface area contributed by atoms with Gasteiger partial charge in [-0.1, -0.05) is 13.8 Å². The molecule has 5 nitrogen and oxygen atoms in total. The van der Waals surface area contributed by atoms with Gasteiger partial charge in [-0.25, -0.2) is 14.6 Å². The van der Waals surface area contributed by atoms with Gasteiger partial charge >= 0.3 is 0 Å². The Morgan fingerprint density at radius 1 is 1.20 bits per heavy atom. The minimum absolute atomic E-state index is 0.296. The van der Waals surface area contributed by atoms with E-state index in [1.54, 1.807) is 11.3 Å². The van der Waals surface area contributed by atoms with Crippen molar-refractivity contribution in [2.45, 2.75) is 46.6 Å². The normalized spacial score (nSPS) is 12.2. The van der Waals surface area contributed by atoms with Gasteiger partial charge in [0, 0.05) is 11.4 Å². The molecule has 0 spiro atoms. The molecule has 0 unspecified atom stereocenters. The molecule has 3 aromatic heterocycles. The minimum atomic E-state index is 0.296. The number of thiazole rings is 1. The fourth-order valence-electron chi connectivity index (χ4n) is 2.16. The van der Waals surface area contributed by atoms with Crippen molar-refractivity contribution in [2.75, 3.05) is 0 Å². The van der Waals surface area contributed by atoms with E-state index < -0.39 is 0 Å². The molecule has 6 heteroatoms. The molecule has 0 aliphatic carbocycles. The van der Waals surface area contributed by atoms with Crippen molar-refractivity contribution in [3.63, 3.8) is 0 Å². The van der Waals surface area contributed by atoms with Crippen LogP contribution in [-0.4, -0.2) is 24.7 Å². The first-order valence-corrected chi connectivity index (χ1v) is 7.76. The second-order valence-electron chi connectivity index (χ2n) is 5.64. The molecule has 0 saturated heterocycles. The summed E-state index contributed by atoms with van der Waals surface area (Å²) >= 11 is 1.64. The third-order valence-electron chi connectivity index (χ3n) is 3.33. The van der Waals surface area contributed by atoms with Crippen molar-refractivity contribution in [2.24, 2.45) is 0 Å². The summed E-state index contributed by atoms with van der Waals surface area (Å²) in [6.07, 6.45) is 0. The summed E-state index contributed by atoms with van der Waals surface area (Å²) in [4.78, 5) is 12.7. The van der Waals surface area contributed by atoms with Crippen molar-refractivity contribution in [1.82, 2.24) is 24.7 Å². The molecule has 0 amide bonds. The molecule has 0 aliphatic heterocycles. The molecule has 3 heterocycles. The first-order valence-electron chi connectivity index (χ1n) is 6.88. The molecule has 0 aromatic carbocycles. The number of aromatic nitrogens is 5. The summed E-state index contributed by atoms with van der Waals surface area (Å²) in [5, 5.41) is 7.57. The molecule has 3 rings (SSSR count). The number of fused-ring (bicyclic) bond motifs is 1. The van der Waals surface area contributed by atoms with Gasteiger partial charge in [0.15, 0.2) is 16.5 Å². The molecule has 0 atom stereocenters. The number of imidazole rings is 1. The molecule has 106 valence electrons. The Bertz CT molecular complexity index is 747. The first kappa shape index (κ1) is 13.3. The Balaban J connectivity index is 2.10. The van der Waals surface area contributed by atoms with Crippen LogP contribution in [0.3, 0.4) is 0 Å². The topological polar surface area (TPSA) is 59.4 Å². The maximum Gasteiger partial charge on any atom is 0.177 e. The highest BCUT2D eigenvalue weighted by Crippen LogP contribution is 2.28. The molecule has 20 heavy (non-hydrogen) atoms. The number of nitrogens with zero attached hydrogens (tertiary/aromatic N) is 4. The SMILES string of the molecule is Cc1nn(C(C)C)c2nc(-c3nc(C(C)C)cs3)[nH]c12. The zero-order valence-electron chi connectivity index (χ0n) is 12.4. The largest absolute Gasteiger partial charge is 0.333 e. The average molecular weight is 289 g/mol. The first-order chi connectivity index (χ1) is 9.47. The summed E-state index contributed by atoms with van der Waals surface area (Å²) in [6, 6.07) is 0.296. The van der Waals surface area contributed by atoms with Crippen LogP contribution in [0.15, 0.2) is 5.38 Å². The predicted molar refractivity (Wildman–Crippen MR) is 82.2 cm³/mol. The lowest BCUT2D eigenvalue weighted by Crippen LogP contribution is -2.03. The monoisotopic (exact) mass is 289 g/mol. The molecular formula is C14H19N5S. The van der Waals surface area contributed by atoms with Gasteiger partial charge in [-0.05, 0) is 26.7 Å². The van der Waals surface area contributed by atoms with Gasteiger partial charge in [-0.2, -0.15) is 5.10 Å². The van der Waals surface area contributed by atoms with E-state index in [1.165, 1.54) is 0 Å². The summed E-state index contributed by atoms with van der Waals surface area (Å²) in [7, 11) is 0. The number of nitrogens with one attached hydrogen (secondary N) is 1. The second kappa shape index (κ2) is 4.70. The molecule has 1 N–H and O–H groups in total. The zero-order valence-corrected chi connectivity index (χ0v) is 13.2. The maximum absolute atomic E-state index is 4.69. The summed E-state index contributed by atoms with van der Waals surface area (Å²) in [6.45, 7) is 10.5. The van der Waals surface area contributed by atoms with E-state index in [2.05, 4.69) is 48.1 Å². The number of aromatic amines is 1. The highest BCUT2D eigenvalue weighted by atomic mass is 32.1. The van der Waals surface area contributed by atoms with Crippen molar-refractivity contribution in [1.29, 1.82) is 0 Å². The lowest BCUT2D eigenvalue weighted by atomic mass is 10.2. The van der Waals surface area contributed by atoms with Gasteiger partial charge in [0.2, 0.25) is 0 Å². The zero-order chi connectivity index (χ0) is 14.4. The van der Waals surface area contributed by atoms with E-state index in [9.17, 15) is 0 Å². The number of rotatable bonds is 3. The van der Waals surface area contributed by atoms with Crippen molar-refractivity contribution in [3.8, 4) is 10.8 Å². The van der Waals surface area contributed by atoms with E-state index >= 15 is 0 Å². The van der Waals surface area contributed by atoms with Gasteiger partial charge < -0.3 is 4.98 Å². The molecule has 3 aromatic rings. The number of H-pyrrole nitrogens is 1. The van der Waals surface area contributed by atoms with Crippen LogP contribution in [-0.2, 0) is 0 Å². The van der Waals surface area contributed by atoms with E-state index in [0.29, 0.717) is 12.0 Å². The van der Waals surface area contributed by atoms with Gasteiger partial charge in [0.1, 0.15) is 5.52 Å². The molecule has 0 bridgehead atoms. The van der Waals surface area contributed by atoms with Crippen molar-refractivity contribution >= 4 is 22.5 Å². The molecule has 0 saturated carbocycles. The van der Waals surface area contributed by atoms with Crippen LogP contribution in [0.4, 0.5) is 0 Å². The highest BCUT2D eigenvalue weighted by Gasteiger charge is 2.17. The van der Waals surface area contributed by atoms with E-state index in [1.807, 2.05) is 11.6 Å². The predicted octanol–water partition coefficient (Wildman–Crippen LogP) is 3.90. The summed E-state index contributed by atoms with van der Waals surface area (Å²) in [5.41, 5.74) is 4.02. The van der Waals surface area contributed by atoms with Gasteiger partial charge in [0.05, 0.1) is 11.4 Å². The lowest BCUT2D eigenvalue weighted by molar-refractivity contribution is 0.543. The second-order valence-corrected chi connectivity index (χ2v) is 6.50. The van der Waals surface area contributed by atoms with Crippen LogP contribution in [0.2, 0.25) is 0 Å². The van der Waals surface area contributed by atoms with E-state index in [-0.39, 0.29) is 0 Å². The van der Waals surface area contributed by atoms with Crippen LogP contribution in [0, 0.1) is 6.92 Å². The fourth-order valence-corrected chi connectivity index (χ4v) is 3.09. The van der Waals surface area contributed by atoms with Gasteiger partial charge in [-0.15, -0.1) is 11.3 Å². The molecule has 0 radical (unpaired) electrons. The van der Waals surface area contributed by atoms with Crippen LogP contribution < -0.4 is 0 Å². The van der Waals surface area contributed by atoms with Gasteiger partial charge in [-0.3, -0.25) is 0 Å². The van der Waals surface area contributed by atoms with Crippen LogP contribution in [0.25, 0.3) is 22.0 Å². The Morgan fingerprint density at radius 2 is 1.95 bits per heavy atom. The lowest BCUT2D eigenvalue weighted by Gasteiger charge is -2.04. The van der Waals surface area contributed by atoms with Gasteiger partial charge in [0.25, 0.3) is 0 Å². The molecular weight excluding hydrogens is 270 g/mol. The van der Waals surface area contributed by atoms with Crippen molar-refractivity contribution in [3.05, 3.63) is 16.8 Å². The summed E-state index contributed by atoms with van der Waals surface area (Å²) < 4.78 is 1.96. The Hall–Kier alpha value is -1.69. The Morgan fingerprint density at radius 3 is 2.55 bits per heavy atom. The highest BCUT2D eigenvalue weighted by molar-refractivity contribution is 7.13. The third kappa shape index (κ3) is 2.04. The quantitative estimate of drug-likeness (QED) is 0.795. The number of hydrogen-bond donors (Lipinski definition) is 1. The molecule has 0 fully saturated rings. The van der Waals surface area contributed by atoms with Crippen LogP contribution in [0.1, 0.15) is 51.0 Å². The Kier molecular flexibility index (Phi) is 3.12. The number of hydrogen-bond acceptors (Lipinski definition) is 4. The van der Waals surface area contributed by atoms with Crippen LogP contribution in [0.5, 0.6) is 0 Å². The third-order valence-corrected chi connectivity index (χ3v) is 4.19. The maximum atomic E-state index is 4.69. The number of aryl methyl sites for hydroxylation is 1. The Labute approximate surface area is 122 Å². The minimum Gasteiger partial charge on any atom is -0.333 e. The van der Waals surface area contributed by atoms with Crippen molar-refractivity contribution < 1.29 is 0 Å². The van der Waals surface area contributed by atoms with E-state index in [0.717, 1.165) is 33.4 Å². The molecule has 0 aliphatic rings. The summed E-state index contributed by atoms with van der Waals surface area (Å²) in [5.74, 6) is 1.28. The smallest absolute Gasteiger partial charge is 0.177 e.